The number of piperazine rings is 3. The molecular weight excluding hydrogens is 1870 g/mol. The topological polar surface area (TPSA) is 317 Å². The average Bonchev–Trinajstić information content (AvgIpc) is 1.57. The molecule has 0 spiro atoms. The lowest BCUT2D eigenvalue weighted by atomic mass is 9.72. The van der Waals surface area contributed by atoms with Crippen LogP contribution in [-0.2, 0) is 20.8 Å². The highest BCUT2D eigenvalue weighted by Gasteiger charge is 2.62. The average molecular weight is 2020 g/mol. The van der Waals surface area contributed by atoms with Crippen molar-refractivity contribution in [3.05, 3.63) is 108 Å². The Hall–Kier alpha value is -8.83. The summed E-state index contributed by atoms with van der Waals surface area (Å²) >= 11 is 3.80. The molecule has 12 aliphatic heterocycles. The van der Waals surface area contributed by atoms with E-state index < -0.39 is 109 Å². The van der Waals surface area contributed by atoms with E-state index in [1.807, 2.05) is 91.6 Å². The van der Waals surface area contributed by atoms with Crippen molar-refractivity contribution in [2.45, 2.75) is 317 Å². The van der Waals surface area contributed by atoms with E-state index in [4.69, 9.17) is 10.7 Å². The van der Waals surface area contributed by atoms with Crippen LogP contribution in [0.25, 0.3) is 28.0 Å². The number of benzene rings is 1. The van der Waals surface area contributed by atoms with Crippen molar-refractivity contribution in [3.63, 3.8) is 0 Å². The number of aromatic nitrogens is 4. The predicted octanol–water partition coefficient (Wildman–Crippen LogP) is 11.2. The van der Waals surface area contributed by atoms with Crippen molar-refractivity contribution in [1.29, 1.82) is 0 Å². The number of thioether (sulfide) groups is 2. The Morgan fingerprint density at radius 3 is 1.56 bits per heavy atom. The molecule has 13 fully saturated rings. The molecule has 4 aromatic rings. The van der Waals surface area contributed by atoms with Gasteiger partial charge < -0.3 is 71.1 Å². The lowest BCUT2D eigenvalue weighted by molar-refractivity contribution is -0.136. The fourth-order valence-electron chi connectivity index (χ4n) is 26.5. The molecule has 31 nitrogen and oxygen atoms in total. The summed E-state index contributed by atoms with van der Waals surface area (Å²) in [5, 5.41) is 22.2. The number of nitrogens with one attached hydrogen (secondary N) is 6. The third-order valence-corrected chi connectivity index (χ3v) is 36.4. The third kappa shape index (κ3) is 20.6. The highest BCUT2D eigenvalue weighted by molar-refractivity contribution is 8.00. The molecule has 11 saturated heterocycles. The number of nitrogens with zero attached hydrogens (tertiary/aromatic N) is 16. The summed E-state index contributed by atoms with van der Waals surface area (Å²) in [4.78, 5) is 144. The zero-order chi connectivity index (χ0) is 102. The van der Waals surface area contributed by atoms with Crippen LogP contribution < -0.4 is 53.1 Å². The standard InChI is InChI=1S/C35H38F2N8O3.C34H56F2N8O3S.C34H57F2N7O2S/c1-8-27(46)43-17-21(5)44(18-20(43)4)32-23-16-25(37)30-28-24(36)10-9-11-26(28)42(7)35(48)41(6)15-13-22-12-14-38-29(19(2)3)31(22)45(33(23)39-30)34(47)40-32;1-6-26(45)42-16-20(5)43(17-19(42)4)31-21-15-23(36)29-27-22(35)9-7-10-24(27)41(33(37)46)13-8-14-48-25-11-12-38-28(18(2)3)30(25)44(32(21)39-29)34(47)40-31;1-7-27(44)41-17-21(5)42(18-20(41)4)32-22-16-24(36)30-28-23(35)10-8-11-25(28)40(6)14-9-15-46-26-12-13-37-29(19(2)3)31(26)43(33(22)38-30)34(45)39-32/h8-12,14,16,19-21H,1,13,15,17-18H2,2-7H3;6,18-25,27-32,38-39H,1,7-17H2,2-5H3,(H2,37,46)(H,40,47);7,19-26,28-33,37-38H,1,8-18H2,2-6H3,(H,39,45)/t20-,21+;19-,20+,21?,22?,23?,24?,25?,27?,28?,29?,30?,31?,32?;20-,21+,22?,23?,24?,25?,26?,28?,29?,30?,31?,32?,33?/m111/s1. The van der Waals surface area contributed by atoms with Gasteiger partial charge in [-0.25, -0.2) is 59.9 Å². The second-order valence-electron chi connectivity index (χ2n) is 43.4. The Balaban J connectivity index is 0.000000153. The van der Waals surface area contributed by atoms with Crippen LogP contribution in [0.5, 0.6) is 0 Å². The molecule has 780 valence electrons. The second kappa shape index (κ2) is 44.5. The zero-order valence-corrected chi connectivity index (χ0v) is 86.8. The Bertz CT molecular complexity index is 5350. The van der Waals surface area contributed by atoms with Crippen molar-refractivity contribution in [2.75, 3.05) is 114 Å². The number of halogens is 6. The number of pyridine rings is 2. The minimum absolute atomic E-state index is 0.0126. The maximum absolute atomic E-state index is 16.9. The summed E-state index contributed by atoms with van der Waals surface area (Å²) in [5.41, 5.74) is 6.62. The monoisotopic (exact) mass is 2020 g/mol. The molecule has 18 rings (SSSR count). The number of anilines is 2. The van der Waals surface area contributed by atoms with E-state index in [1.165, 1.54) is 63.9 Å². The van der Waals surface area contributed by atoms with Crippen LogP contribution in [0.15, 0.2) is 79.3 Å². The van der Waals surface area contributed by atoms with E-state index in [2.05, 4.69) is 118 Å². The fourth-order valence-corrected chi connectivity index (χ4v) is 29.3. The van der Waals surface area contributed by atoms with E-state index in [9.17, 15) is 38.4 Å². The predicted molar refractivity (Wildman–Crippen MR) is 544 cm³/mol. The number of fused-ring (bicyclic) bond motifs is 15. The van der Waals surface area contributed by atoms with E-state index in [-0.39, 0.29) is 184 Å². The van der Waals surface area contributed by atoms with Crippen LogP contribution in [0.2, 0.25) is 0 Å². The lowest BCUT2D eigenvalue weighted by Crippen LogP contribution is -2.80. The van der Waals surface area contributed by atoms with Crippen molar-refractivity contribution < 1.29 is 59.9 Å². The summed E-state index contributed by atoms with van der Waals surface area (Å²) < 4.78 is 99.6. The number of rotatable bonds is 9. The van der Waals surface area contributed by atoms with Gasteiger partial charge in [-0.3, -0.25) is 44.7 Å². The molecule has 0 radical (unpaired) electrons. The maximum atomic E-state index is 16.9. The number of primary amides is 1. The van der Waals surface area contributed by atoms with E-state index in [0.717, 1.165) is 63.2 Å². The summed E-state index contributed by atoms with van der Waals surface area (Å²) in [7, 11) is 5.23. The molecule has 2 aliphatic carbocycles. The summed E-state index contributed by atoms with van der Waals surface area (Å²) in [5.74, 6) is -1.60. The minimum atomic E-state index is -1.40. The van der Waals surface area contributed by atoms with Crippen molar-refractivity contribution in [1.82, 2.24) is 100 Å². The molecule has 1 aromatic carbocycles. The van der Waals surface area contributed by atoms with Gasteiger partial charge in [-0.15, -0.1) is 0 Å². The highest BCUT2D eigenvalue weighted by atomic mass is 32.2. The van der Waals surface area contributed by atoms with Gasteiger partial charge in [0.05, 0.1) is 64.8 Å². The van der Waals surface area contributed by atoms with Crippen LogP contribution in [0.4, 0.5) is 57.0 Å². The number of nitrogens with two attached hydrogens (primary N) is 1. The number of urea groups is 4. The number of amides is 11. The minimum Gasteiger partial charge on any atom is -0.351 e. The van der Waals surface area contributed by atoms with Crippen LogP contribution in [0.1, 0.15) is 177 Å². The van der Waals surface area contributed by atoms with Gasteiger partial charge in [0, 0.05) is 179 Å². The van der Waals surface area contributed by atoms with Gasteiger partial charge in [-0.05, 0) is 229 Å². The molecule has 3 aromatic heterocycles. The van der Waals surface area contributed by atoms with Gasteiger partial charge in [-0.1, -0.05) is 67.3 Å². The summed E-state index contributed by atoms with van der Waals surface area (Å²) in [6, 6.07) is 2.61. The molecule has 22 unspecified atom stereocenters. The number of piperidine rings is 4. The lowest BCUT2D eigenvalue weighted by Gasteiger charge is -2.60. The quantitative estimate of drug-likeness (QED) is 0.0605. The summed E-state index contributed by atoms with van der Waals surface area (Å²) in [6.07, 6.45) is 6.58. The van der Waals surface area contributed by atoms with Gasteiger partial charge in [0.15, 0.2) is 11.5 Å². The second-order valence-corrected chi connectivity index (χ2v) is 46.1. The normalized spacial score (nSPS) is 35.1. The number of hydrogen-bond donors (Lipinski definition) is 7. The Labute approximate surface area is 840 Å². The molecular formula is C103H151F6N23O8S2. The zero-order valence-electron chi connectivity index (χ0n) is 85.2. The molecule has 142 heavy (non-hydrogen) atoms. The largest absolute Gasteiger partial charge is 0.355 e. The molecule has 14 aliphatic rings. The number of likely N-dealkylation sites (N-methyl/N-ethyl adjacent to an activating group) is 1. The number of carbonyl (C=O) groups excluding carboxylic acids is 7. The smallest absolute Gasteiger partial charge is 0.351 e. The van der Waals surface area contributed by atoms with Gasteiger partial charge in [0.2, 0.25) is 17.7 Å². The van der Waals surface area contributed by atoms with Crippen LogP contribution in [0.3, 0.4) is 0 Å². The molecule has 11 amide bonds. The molecule has 8 N–H and O–H groups in total. The molecule has 6 bridgehead atoms. The first-order valence-electron chi connectivity index (χ1n) is 52.0. The van der Waals surface area contributed by atoms with Crippen LogP contribution >= 0.6 is 23.5 Å². The van der Waals surface area contributed by atoms with Gasteiger partial charge >= 0.3 is 29.8 Å². The Morgan fingerprint density at radius 1 is 0.556 bits per heavy atom. The molecule has 28 atom stereocenters. The fraction of sp³-hybridized carbons (Fsp3) is 0.699. The molecule has 15 heterocycles. The first-order chi connectivity index (χ1) is 67.8. The van der Waals surface area contributed by atoms with Gasteiger partial charge in [-0.2, -0.15) is 28.5 Å². The number of hydrogen-bond acceptors (Lipinski definition) is 21. The van der Waals surface area contributed by atoms with Crippen LogP contribution in [0, 0.1) is 47.1 Å². The van der Waals surface area contributed by atoms with Crippen molar-refractivity contribution in [3.8, 4) is 16.9 Å². The van der Waals surface area contributed by atoms with E-state index in [0.29, 0.717) is 107 Å². The molecule has 2 saturated carbocycles. The first kappa shape index (κ1) is 106. The first-order valence-corrected chi connectivity index (χ1v) is 54.1. The Kier molecular flexibility index (Phi) is 33.2. The van der Waals surface area contributed by atoms with Gasteiger partial charge in [0.1, 0.15) is 42.0 Å². The number of carbonyl (C=O) groups is 7. The van der Waals surface area contributed by atoms with Gasteiger partial charge in [0.25, 0.3) is 0 Å². The van der Waals surface area contributed by atoms with E-state index in [1.54, 1.807) is 34.0 Å². The van der Waals surface area contributed by atoms with Crippen molar-refractivity contribution in [2.24, 2.45) is 41.2 Å². The SMILES string of the molecule is C=CC(=O)N1C[C@H](C)N(C2NC(=O)N3C4NC(C(F)CC42)C2C(F)CCCC2N(C(N)=O)CCCSC2CCNC(C(C)C)C23)C[C@H]1C.C=CC(=O)N1C[C@H](C)N(C2NC(=O)N3C4NC(C(F)CC42)C2C(F)CCCC2N(C)CCCSC2CCNC(C(C)C)C23)C[C@H]1C.C=CC(=O)N1C[C@H](C)N(c2nc(=O)n3c4nc(c(F)cc24)-c2c(F)cccc2N(C)C(=O)N(C)CCc2ccnc(C(C)C)c2-3)C[C@H]1C. The van der Waals surface area contributed by atoms with Crippen LogP contribution in [-0.4, -0.2) is 359 Å². The number of alkyl halides is 4. The molecule has 39 heteroatoms. The summed E-state index contributed by atoms with van der Waals surface area (Å²) in [6.45, 7) is 41.5. The van der Waals surface area contributed by atoms with Crippen molar-refractivity contribution >= 4 is 87.9 Å². The maximum Gasteiger partial charge on any atom is 0.355 e. The van der Waals surface area contributed by atoms with E-state index >= 15 is 26.3 Å². The highest BCUT2D eigenvalue weighted by Crippen LogP contribution is 2.49. The Morgan fingerprint density at radius 2 is 1.06 bits per heavy atom. The third-order valence-electron chi connectivity index (χ3n) is 33.5.